The average molecular weight is 250 g/mol. The molecule has 0 spiro atoms. The van der Waals surface area contributed by atoms with E-state index in [0.29, 0.717) is 12.3 Å². The van der Waals surface area contributed by atoms with Crippen molar-refractivity contribution in [2.24, 2.45) is 5.92 Å². The first-order valence-electron chi connectivity index (χ1n) is 6.59. The molecule has 0 bridgehead atoms. The summed E-state index contributed by atoms with van der Waals surface area (Å²) in [6, 6.07) is 3.84. The third-order valence-electron chi connectivity index (χ3n) is 3.59. The molecule has 2 rings (SSSR count). The Balaban J connectivity index is 2.12. The van der Waals surface area contributed by atoms with E-state index >= 15 is 0 Å². The van der Waals surface area contributed by atoms with Crippen LogP contribution in [0.25, 0.3) is 0 Å². The van der Waals surface area contributed by atoms with Crippen LogP contribution in [-0.2, 0) is 0 Å². The highest BCUT2D eigenvalue weighted by Gasteiger charge is 2.41. The van der Waals surface area contributed by atoms with E-state index in [1.807, 2.05) is 12.1 Å². The lowest BCUT2D eigenvalue weighted by Gasteiger charge is -2.24. The molecule has 0 aliphatic heterocycles. The number of nitrogens with zero attached hydrogens (tertiary/aromatic N) is 1. The van der Waals surface area contributed by atoms with Gasteiger partial charge in [0.2, 0.25) is 0 Å². The van der Waals surface area contributed by atoms with Gasteiger partial charge in [0.25, 0.3) is 0 Å². The van der Waals surface area contributed by atoms with Gasteiger partial charge >= 0.3 is 0 Å². The molecule has 0 radical (unpaired) electrons. The standard InChI is InChI=1S/C14H22N2O2/c1-9(2)8-16-13-11(7-12(17)14(13)18)10-3-5-15-6-4-10/h3-6,9,11-14,16-18H,7-8H2,1-2H3. The highest BCUT2D eigenvalue weighted by molar-refractivity contribution is 5.22. The minimum atomic E-state index is -0.693. The van der Waals surface area contributed by atoms with Gasteiger partial charge < -0.3 is 15.5 Å². The Morgan fingerprint density at radius 2 is 2.00 bits per heavy atom. The zero-order valence-electron chi connectivity index (χ0n) is 11.0. The Labute approximate surface area is 108 Å². The molecule has 1 aromatic heterocycles. The van der Waals surface area contributed by atoms with Gasteiger partial charge in [-0.1, -0.05) is 13.8 Å². The van der Waals surface area contributed by atoms with Crippen LogP contribution in [-0.4, -0.2) is 40.0 Å². The summed E-state index contributed by atoms with van der Waals surface area (Å²) in [5, 5.41) is 23.3. The number of aliphatic hydroxyl groups is 2. The molecule has 1 aromatic rings. The molecule has 1 aliphatic rings. The van der Waals surface area contributed by atoms with E-state index in [9.17, 15) is 10.2 Å². The fourth-order valence-electron chi connectivity index (χ4n) is 2.61. The molecule has 100 valence electrons. The summed E-state index contributed by atoms with van der Waals surface area (Å²) in [6.07, 6.45) is 2.77. The van der Waals surface area contributed by atoms with Crippen molar-refractivity contribution >= 4 is 0 Å². The minimum Gasteiger partial charge on any atom is -0.390 e. The van der Waals surface area contributed by atoms with E-state index in [0.717, 1.165) is 12.1 Å². The summed E-state index contributed by atoms with van der Waals surface area (Å²) in [4.78, 5) is 4.01. The van der Waals surface area contributed by atoms with E-state index < -0.39 is 12.2 Å². The minimum absolute atomic E-state index is 0.0789. The van der Waals surface area contributed by atoms with Crippen LogP contribution < -0.4 is 5.32 Å². The topological polar surface area (TPSA) is 65.4 Å². The van der Waals surface area contributed by atoms with Crippen molar-refractivity contribution in [1.82, 2.24) is 10.3 Å². The van der Waals surface area contributed by atoms with Gasteiger partial charge in [0.15, 0.2) is 0 Å². The molecule has 3 N–H and O–H groups in total. The Hall–Kier alpha value is -0.970. The third-order valence-corrected chi connectivity index (χ3v) is 3.59. The molecular weight excluding hydrogens is 228 g/mol. The second-order valence-corrected chi connectivity index (χ2v) is 5.51. The zero-order valence-corrected chi connectivity index (χ0v) is 11.0. The smallest absolute Gasteiger partial charge is 0.0957 e. The molecule has 4 atom stereocenters. The summed E-state index contributed by atoms with van der Waals surface area (Å²) in [7, 11) is 0. The Morgan fingerprint density at radius 3 is 2.61 bits per heavy atom. The fourth-order valence-corrected chi connectivity index (χ4v) is 2.61. The van der Waals surface area contributed by atoms with Crippen LogP contribution in [0.5, 0.6) is 0 Å². The number of pyridine rings is 1. The lowest BCUT2D eigenvalue weighted by atomic mass is 9.94. The first-order chi connectivity index (χ1) is 8.59. The van der Waals surface area contributed by atoms with Crippen molar-refractivity contribution in [3.8, 4) is 0 Å². The lowest BCUT2D eigenvalue weighted by molar-refractivity contribution is 0.0296. The molecule has 4 heteroatoms. The predicted molar refractivity (Wildman–Crippen MR) is 70.2 cm³/mol. The van der Waals surface area contributed by atoms with Gasteiger partial charge in [-0.2, -0.15) is 0 Å². The third kappa shape index (κ3) is 2.88. The van der Waals surface area contributed by atoms with Crippen LogP contribution in [0.1, 0.15) is 31.7 Å². The number of aromatic nitrogens is 1. The van der Waals surface area contributed by atoms with Crippen LogP contribution in [0, 0.1) is 5.92 Å². The number of nitrogens with one attached hydrogen (secondary N) is 1. The van der Waals surface area contributed by atoms with E-state index in [1.54, 1.807) is 12.4 Å². The van der Waals surface area contributed by atoms with Crippen molar-refractivity contribution in [1.29, 1.82) is 0 Å². The van der Waals surface area contributed by atoms with Gasteiger partial charge in [0.1, 0.15) is 0 Å². The maximum Gasteiger partial charge on any atom is 0.0957 e. The SMILES string of the molecule is CC(C)CNC1C(c2ccncc2)CC(O)C1O. The molecule has 0 amide bonds. The maximum atomic E-state index is 10.1. The fraction of sp³-hybridized carbons (Fsp3) is 0.643. The average Bonchev–Trinajstić information content (AvgIpc) is 2.64. The summed E-state index contributed by atoms with van der Waals surface area (Å²) < 4.78 is 0. The van der Waals surface area contributed by atoms with Gasteiger partial charge in [-0.15, -0.1) is 0 Å². The molecule has 1 fully saturated rings. The van der Waals surface area contributed by atoms with Crippen molar-refractivity contribution in [3.63, 3.8) is 0 Å². The molecular formula is C14H22N2O2. The highest BCUT2D eigenvalue weighted by atomic mass is 16.3. The number of rotatable bonds is 4. The van der Waals surface area contributed by atoms with Crippen LogP contribution in [0.3, 0.4) is 0 Å². The summed E-state index contributed by atoms with van der Waals surface area (Å²) >= 11 is 0. The van der Waals surface area contributed by atoms with E-state index in [1.165, 1.54) is 0 Å². The summed E-state index contributed by atoms with van der Waals surface area (Å²) in [5.74, 6) is 0.671. The second-order valence-electron chi connectivity index (χ2n) is 5.51. The lowest BCUT2D eigenvalue weighted by Crippen LogP contribution is -2.43. The number of hydrogen-bond donors (Lipinski definition) is 3. The van der Waals surface area contributed by atoms with Crippen molar-refractivity contribution in [2.45, 2.75) is 44.4 Å². The van der Waals surface area contributed by atoms with Crippen molar-refractivity contribution in [2.75, 3.05) is 6.54 Å². The van der Waals surface area contributed by atoms with E-state index in [-0.39, 0.29) is 12.0 Å². The van der Waals surface area contributed by atoms with Crippen LogP contribution in [0.15, 0.2) is 24.5 Å². The quantitative estimate of drug-likeness (QED) is 0.743. The monoisotopic (exact) mass is 250 g/mol. The molecule has 4 nitrogen and oxygen atoms in total. The van der Waals surface area contributed by atoms with Gasteiger partial charge in [0.05, 0.1) is 12.2 Å². The first-order valence-corrected chi connectivity index (χ1v) is 6.59. The molecule has 0 saturated heterocycles. The van der Waals surface area contributed by atoms with Gasteiger partial charge in [0, 0.05) is 24.4 Å². The number of aliphatic hydroxyl groups excluding tert-OH is 2. The largest absolute Gasteiger partial charge is 0.390 e. The normalized spacial score (nSPS) is 32.1. The van der Waals surface area contributed by atoms with E-state index in [4.69, 9.17) is 0 Å². The molecule has 18 heavy (non-hydrogen) atoms. The zero-order chi connectivity index (χ0) is 13.1. The predicted octanol–water partition coefficient (Wildman–Crippen LogP) is 0.905. The van der Waals surface area contributed by atoms with Crippen molar-refractivity contribution in [3.05, 3.63) is 30.1 Å². The molecule has 1 saturated carbocycles. The Bertz CT molecular complexity index is 369. The summed E-state index contributed by atoms with van der Waals surface area (Å²) in [5.41, 5.74) is 1.13. The highest BCUT2D eigenvalue weighted by Crippen LogP contribution is 2.35. The second kappa shape index (κ2) is 5.78. The van der Waals surface area contributed by atoms with Crippen LogP contribution in [0.2, 0.25) is 0 Å². The Morgan fingerprint density at radius 1 is 1.33 bits per heavy atom. The van der Waals surface area contributed by atoms with Gasteiger partial charge in [-0.25, -0.2) is 0 Å². The molecule has 4 unspecified atom stereocenters. The van der Waals surface area contributed by atoms with E-state index in [2.05, 4.69) is 24.1 Å². The van der Waals surface area contributed by atoms with Gasteiger partial charge in [-0.3, -0.25) is 4.98 Å². The molecule has 1 aliphatic carbocycles. The summed E-state index contributed by atoms with van der Waals surface area (Å²) in [6.45, 7) is 5.11. The first kappa shape index (κ1) is 13.5. The Kier molecular flexibility index (Phi) is 4.32. The van der Waals surface area contributed by atoms with Crippen LogP contribution >= 0.6 is 0 Å². The maximum absolute atomic E-state index is 10.1. The van der Waals surface area contributed by atoms with Crippen molar-refractivity contribution < 1.29 is 10.2 Å². The number of hydrogen-bond acceptors (Lipinski definition) is 4. The van der Waals surface area contributed by atoms with Crippen LogP contribution in [0.4, 0.5) is 0 Å². The molecule has 1 heterocycles. The van der Waals surface area contributed by atoms with Gasteiger partial charge in [-0.05, 0) is 36.6 Å². The molecule has 0 aromatic carbocycles.